The van der Waals surface area contributed by atoms with Crippen LogP contribution in [0.3, 0.4) is 0 Å². The van der Waals surface area contributed by atoms with Gasteiger partial charge in [0.15, 0.2) is 0 Å². The molecule has 1 aromatic carbocycles. The van der Waals surface area contributed by atoms with Crippen LogP contribution in [0.5, 0.6) is 0 Å². The van der Waals surface area contributed by atoms with Crippen LogP contribution in [0.4, 0.5) is 0 Å². The quantitative estimate of drug-likeness (QED) is 0.637. The van der Waals surface area contributed by atoms with Crippen molar-refractivity contribution < 1.29 is 0 Å². The van der Waals surface area contributed by atoms with E-state index in [0.29, 0.717) is 5.41 Å². The Kier molecular flexibility index (Phi) is 6.27. The Balaban J connectivity index is 0.000000292. The number of benzene rings is 1. The number of hydrogen-bond donors (Lipinski definition) is 0. The van der Waals surface area contributed by atoms with Gasteiger partial charge in [-0.3, -0.25) is 0 Å². The molecule has 14 heavy (non-hydrogen) atoms. The highest BCUT2D eigenvalue weighted by Gasteiger charge is 1.95. The van der Waals surface area contributed by atoms with Crippen molar-refractivity contribution in [1.29, 1.82) is 0 Å². The summed E-state index contributed by atoms with van der Waals surface area (Å²) >= 11 is 0. The fraction of sp³-hybridized carbons (Fsp3) is 0.571. The van der Waals surface area contributed by atoms with E-state index in [-0.39, 0.29) is 0 Å². The number of aryl methyl sites for hydroxylation is 1. The van der Waals surface area contributed by atoms with Gasteiger partial charge in [0.05, 0.1) is 0 Å². The molecule has 0 aromatic heterocycles. The topological polar surface area (TPSA) is 0 Å². The van der Waals surface area contributed by atoms with Gasteiger partial charge in [-0.05, 0) is 17.4 Å². The minimum Gasteiger partial charge on any atom is -0.0651 e. The van der Waals surface area contributed by atoms with Gasteiger partial charge in [0.2, 0.25) is 0 Å². The van der Waals surface area contributed by atoms with Crippen LogP contribution in [0.2, 0.25) is 0 Å². The normalized spacial score (nSPS) is 10.4. The third-order valence-corrected chi connectivity index (χ3v) is 1.38. The van der Waals surface area contributed by atoms with E-state index in [0.717, 1.165) is 0 Å². The molecular weight excluding hydrogens is 168 g/mol. The fourth-order valence-electron chi connectivity index (χ4n) is 0.933. The van der Waals surface area contributed by atoms with Crippen molar-refractivity contribution in [3.63, 3.8) is 0 Å². The van der Waals surface area contributed by atoms with Crippen LogP contribution < -0.4 is 0 Å². The smallest absolute Gasteiger partial charge is 0.0281 e. The summed E-state index contributed by atoms with van der Waals surface area (Å²) < 4.78 is 0. The van der Waals surface area contributed by atoms with Crippen LogP contribution in [0.15, 0.2) is 30.3 Å². The lowest BCUT2D eigenvalue weighted by Gasteiger charge is -2.05. The highest BCUT2D eigenvalue weighted by molar-refractivity contribution is 5.14. The summed E-state index contributed by atoms with van der Waals surface area (Å²) in [6, 6.07) is 10.6. The van der Waals surface area contributed by atoms with E-state index >= 15 is 0 Å². The van der Waals surface area contributed by atoms with E-state index in [1.165, 1.54) is 18.4 Å². The van der Waals surface area contributed by atoms with Gasteiger partial charge in [0.25, 0.3) is 0 Å². The molecule has 0 aliphatic carbocycles. The molecule has 0 bridgehead atoms. The Morgan fingerprint density at radius 3 is 1.71 bits per heavy atom. The first-order valence-electron chi connectivity index (χ1n) is 5.47. The van der Waals surface area contributed by atoms with Gasteiger partial charge < -0.3 is 0 Å². The largest absolute Gasteiger partial charge is 0.0651 e. The molecule has 0 unspecified atom stereocenters. The van der Waals surface area contributed by atoms with Gasteiger partial charge in [-0.25, -0.2) is 0 Å². The summed E-state index contributed by atoms with van der Waals surface area (Å²) in [6.07, 6.45) is 2.45. The second-order valence-electron chi connectivity index (χ2n) is 5.24. The molecule has 0 atom stereocenters. The Labute approximate surface area is 89.4 Å². The Hall–Kier alpha value is -0.780. The Morgan fingerprint density at radius 2 is 1.36 bits per heavy atom. The van der Waals surface area contributed by atoms with Crippen LogP contribution in [0.1, 0.15) is 46.6 Å². The maximum Gasteiger partial charge on any atom is -0.0281 e. The molecule has 0 aliphatic heterocycles. The second kappa shape index (κ2) is 6.64. The van der Waals surface area contributed by atoms with Crippen LogP contribution >= 0.6 is 0 Å². The molecule has 0 heterocycles. The summed E-state index contributed by atoms with van der Waals surface area (Å²) in [7, 11) is 0. The zero-order valence-corrected chi connectivity index (χ0v) is 10.3. The first kappa shape index (κ1) is 13.2. The molecule has 0 spiro atoms. The molecule has 1 rings (SSSR count). The molecule has 80 valence electrons. The Bertz CT molecular complexity index is 210. The van der Waals surface area contributed by atoms with Gasteiger partial charge in [0.1, 0.15) is 0 Å². The Morgan fingerprint density at radius 1 is 0.929 bits per heavy atom. The molecule has 0 radical (unpaired) electrons. The van der Waals surface area contributed by atoms with Crippen molar-refractivity contribution in [1.82, 2.24) is 0 Å². The predicted octanol–water partition coefficient (Wildman–Crippen LogP) is 4.69. The monoisotopic (exact) mass is 192 g/mol. The highest BCUT2D eigenvalue weighted by Crippen LogP contribution is 2.08. The van der Waals surface area contributed by atoms with E-state index < -0.39 is 0 Å². The summed E-state index contributed by atoms with van der Waals surface area (Å²) in [5, 5.41) is 0. The molecule has 0 aliphatic rings. The molecule has 0 heteroatoms. The lowest BCUT2D eigenvalue weighted by molar-refractivity contribution is 0.469. The third-order valence-electron chi connectivity index (χ3n) is 1.38. The molecule has 0 nitrogen and oxygen atoms in total. The van der Waals surface area contributed by atoms with Gasteiger partial charge in [-0.2, -0.15) is 0 Å². The van der Waals surface area contributed by atoms with Gasteiger partial charge in [0, 0.05) is 0 Å². The van der Waals surface area contributed by atoms with Gasteiger partial charge in [-0.15, -0.1) is 0 Å². The van der Waals surface area contributed by atoms with Gasteiger partial charge in [-0.1, -0.05) is 71.4 Å². The summed E-state index contributed by atoms with van der Waals surface area (Å²) in [6.45, 7) is 11.0. The van der Waals surface area contributed by atoms with Crippen LogP contribution in [-0.2, 0) is 6.42 Å². The van der Waals surface area contributed by atoms with Crippen LogP contribution in [0, 0.1) is 5.41 Å². The minimum absolute atomic E-state index is 0.500. The lowest BCUT2D eigenvalue weighted by Crippen LogP contribution is -1.93. The first-order chi connectivity index (χ1) is 6.43. The zero-order chi connectivity index (χ0) is 11.0. The second-order valence-corrected chi connectivity index (χ2v) is 5.24. The van der Waals surface area contributed by atoms with Crippen molar-refractivity contribution in [2.24, 2.45) is 5.41 Å². The average molecular weight is 192 g/mol. The first-order valence-corrected chi connectivity index (χ1v) is 5.47. The molecule has 1 aromatic rings. The SMILES string of the molecule is CC(C)(C)C.CCCc1ccccc1. The predicted molar refractivity (Wildman–Crippen MR) is 65.6 cm³/mol. The van der Waals surface area contributed by atoms with Crippen molar-refractivity contribution in [3.05, 3.63) is 35.9 Å². The lowest BCUT2D eigenvalue weighted by atomic mass is 10.0. The van der Waals surface area contributed by atoms with E-state index in [1.54, 1.807) is 0 Å². The maximum absolute atomic E-state index is 2.20. The van der Waals surface area contributed by atoms with Crippen molar-refractivity contribution in [3.8, 4) is 0 Å². The third kappa shape index (κ3) is 11.2. The molecular formula is C14H24. The van der Waals surface area contributed by atoms with E-state index in [4.69, 9.17) is 0 Å². The van der Waals surface area contributed by atoms with Crippen LogP contribution in [0.25, 0.3) is 0 Å². The molecule has 0 amide bonds. The standard InChI is InChI=1S/C9H12.C5H12/c1-2-6-9-7-4-3-5-8-9;1-5(2,3)4/h3-5,7-8H,2,6H2,1H3;1-4H3. The van der Waals surface area contributed by atoms with Crippen molar-refractivity contribution in [2.75, 3.05) is 0 Å². The zero-order valence-electron chi connectivity index (χ0n) is 10.3. The van der Waals surface area contributed by atoms with Crippen molar-refractivity contribution in [2.45, 2.75) is 47.5 Å². The fourth-order valence-corrected chi connectivity index (χ4v) is 0.933. The molecule has 0 saturated heterocycles. The molecule has 0 saturated carbocycles. The van der Waals surface area contributed by atoms with E-state index in [1.807, 2.05) is 0 Å². The van der Waals surface area contributed by atoms with Gasteiger partial charge >= 0.3 is 0 Å². The molecule has 0 N–H and O–H groups in total. The summed E-state index contributed by atoms with van der Waals surface area (Å²) in [5.74, 6) is 0. The molecule has 0 fully saturated rings. The van der Waals surface area contributed by atoms with Crippen molar-refractivity contribution >= 4 is 0 Å². The maximum atomic E-state index is 2.20. The van der Waals surface area contributed by atoms with E-state index in [2.05, 4.69) is 65.0 Å². The minimum atomic E-state index is 0.500. The highest BCUT2D eigenvalue weighted by atomic mass is 14.0. The number of rotatable bonds is 2. The summed E-state index contributed by atoms with van der Waals surface area (Å²) in [5.41, 5.74) is 1.94. The number of hydrogen-bond acceptors (Lipinski definition) is 0. The van der Waals surface area contributed by atoms with Crippen LogP contribution in [-0.4, -0.2) is 0 Å². The average Bonchev–Trinajstić information content (AvgIpc) is 2.03. The van der Waals surface area contributed by atoms with E-state index in [9.17, 15) is 0 Å². The summed E-state index contributed by atoms with van der Waals surface area (Å²) in [4.78, 5) is 0.